The third-order valence-corrected chi connectivity index (χ3v) is 1.66. The molecule has 0 bridgehead atoms. The number of Topliss-reactive ketones (excluding diaryl/α,β-unsaturated/α-hetero) is 1. The minimum Gasteiger partial charge on any atom is -0.300 e. The monoisotopic (exact) mass is 172 g/mol. The van der Waals surface area contributed by atoms with Gasteiger partial charge in [-0.1, -0.05) is 11.6 Å². The van der Waals surface area contributed by atoms with Crippen molar-refractivity contribution in [3.8, 4) is 0 Å². The van der Waals surface area contributed by atoms with Crippen molar-refractivity contribution in [2.24, 2.45) is 0 Å². The van der Waals surface area contributed by atoms with Crippen molar-refractivity contribution in [1.29, 1.82) is 0 Å². The standard InChI is InChI=1S/C7H9ClN2O/c1-6(11)3-5-10-7(8)2-4-9-10/h2,4H,3,5H2,1H3. The van der Waals surface area contributed by atoms with Crippen LogP contribution in [0.25, 0.3) is 0 Å². The van der Waals surface area contributed by atoms with E-state index in [1.165, 1.54) is 0 Å². The van der Waals surface area contributed by atoms with Gasteiger partial charge in [-0.05, 0) is 13.0 Å². The molecule has 1 aromatic rings. The molecule has 0 radical (unpaired) electrons. The molecule has 0 amide bonds. The molecule has 0 unspecified atom stereocenters. The van der Waals surface area contributed by atoms with Gasteiger partial charge in [0.1, 0.15) is 10.9 Å². The van der Waals surface area contributed by atoms with Crippen molar-refractivity contribution in [3.05, 3.63) is 17.4 Å². The van der Waals surface area contributed by atoms with Gasteiger partial charge in [-0.15, -0.1) is 0 Å². The van der Waals surface area contributed by atoms with Crippen molar-refractivity contribution in [2.75, 3.05) is 0 Å². The largest absolute Gasteiger partial charge is 0.300 e. The highest BCUT2D eigenvalue weighted by Gasteiger charge is 1.99. The first-order valence-electron chi connectivity index (χ1n) is 3.37. The van der Waals surface area contributed by atoms with Crippen molar-refractivity contribution in [2.45, 2.75) is 19.9 Å². The lowest BCUT2D eigenvalue weighted by atomic mass is 10.3. The van der Waals surface area contributed by atoms with Crippen LogP contribution in [-0.2, 0) is 11.3 Å². The van der Waals surface area contributed by atoms with Gasteiger partial charge in [0.2, 0.25) is 0 Å². The Labute approximate surface area is 70.0 Å². The fourth-order valence-electron chi connectivity index (χ4n) is 0.744. The van der Waals surface area contributed by atoms with Crippen molar-refractivity contribution >= 4 is 17.4 Å². The Kier molecular flexibility index (Phi) is 2.65. The van der Waals surface area contributed by atoms with Crippen molar-refractivity contribution in [3.63, 3.8) is 0 Å². The molecule has 3 nitrogen and oxygen atoms in total. The second kappa shape index (κ2) is 3.53. The quantitative estimate of drug-likeness (QED) is 0.693. The summed E-state index contributed by atoms with van der Waals surface area (Å²) in [6.45, 7) is 2.12. The second-order valence-corrected chi connectivity index (χ2v) is 2.72. The molecular weight excluding hydrogens is 164 g/mol. The first-order chi connectivity index (χ1) is 5.20. The Morgan fingerprint density at radius 1 is 1.82 bits per heavy atom. The van der Waals surface area contributed by atoms with Gasteiger partial charge < -0.3 is 0 Å². The molecule has 0 saturated heterocycles. The topological polar surface area (TPSA) is 34.9 Å². The number of halogens is 1. The number of aryl methyl sites for hydroxylation is 1. The molecule has 4 heteroatoms. The molecule has 0 aliphatic heterocycles. The van der Waals surface area contributed by atoms with Gasteiger partial charge in [-0.2, -0.15) is 5.10 Å². The van der Waals surface area contributed by atoms with Gasteiger partial charge in [0.15, 0.2) is 0 Å². The van der Waals surface area contributed by atoms with Gasteiger partial charge >= 0.3 is 0 Å². The van der Waals surface area contributed by atoms with Crippen LogP contribution in [0, 0.1) is 0 Å². The third kappa shape index (κ3) is 2.35. The van der Waals surface area contributed by atoms with E-state index in [9.17, 15) is 4.79 Å². The van der Waals surface area contributed by atoms with Gasteiger partial charge in [0, 0.05) is 13.0 Å². The number of hydrogen-bond donors (Lipinski definition) is 0. The highest BCUT2D eigenvalue weighted by molar-refractivity contribution is 6.29. The molecule has 60 valence electrons. The zero-order valence-corrected chi connectivity index (χ0v) is 7.01. The molecule has 0 saturated carbocycles. The molecule has 0 fully saturated rings. The van der Waals surface area contributed by atoms with Crippen LogP contribution in [0.5, 0.6) is 0 Å². The molecule has 0 atom stereocenters. The lowest BCUT2D eigenvalue weighted by Gasteiger charge is -1.98. The highest BCUT2D eigenvalue weighted by atomic mass is 35.5. The lowest BCUT2D eigenvalue weighted by Crippen LogP contribution is -2.03. The summed E-state index contributed by atoms with van der Waals surface area (Å²) in [5.41, 5.74) is 0. The molecule has 1 aromatic heterocycles. The van der Waals surface area contributed by atoms with E-state index >= 15 is 0 Å². The molecule has 0 aromatic carbocycles. The van der Waals surface area contributed by atoms with E-state index in [1.807, 2.05) is 0 Å². The minimum absolute atomic E-state index is 0.150. The van der Waals surface area contributed by atoms with E-state index in [4.69, 9.17) is 11.6 Å². The predicted octanol–water partition coefficient (Wildman–Crippen LogP) is 1.52. The number of nitrogens with zero attached hydrogens (tertiary/aromatic N) is 2. The molecule has 0 aliphatic carbocycles. The molecular formula is C7H9ClN2O. The van der Waals surface area contributed by atoms with Gasteiger partial charge in [-0.25, -0.2) is 0 Å². The average Bonchev–Trinajstić information content (AvgIpc) is 2.31. The van der Waals surface area contributed by atoms with E-state index in [2.05, 4.69) is 5.10 Å². The summed E-state index contributed by atoms with van der Waals surface area (Å²) in [5.74, 6) is 0.150. The van der Waals surface area contributed by atoms with Gasteiger partial charge in [-0.3, -0.25) is 9.48 Å². The van der Waals surface area contributed by atoms with Crippen LogP contribution in [0.3, 0.4) is 0 Å². The average molecular weight is 173 g/mol. The lowest BCUT2D eigenvalue weighted by molar-refractivity contribution is -0.117. The van der Waals surface area contributed by atoms with E-state index in [1.54, 1.807) is 23.9 Å². The number of hydrogen-bond acceptors (Lipinski definition) is 2. The SMILES string of the molecule is CC(=O)CCn1nccc1Cl. The van der Waals surface area contributed by atoms with Crippen LogP contribution >= 0.6 is 11.6 Å². The van der Waals surface area contributed by atoms with Crippen LogP contribution < -0.4 is 0 Å². The summed E-state index contributed by atoms with van der Waals surface area (Å²) in [6.07, 6.45) is 2.10. The minimum atomic E-state index is 0.150. The zero-order chi connectivity index (χ0) is 8.27. The number of rotatable bonds is 3. The molecule has 0 spiro atoms. The Bertz CT molecular complexity index is 257. The van der Waals surface area contributed by atoms with Crippen molar-refractivity contribution in [1.82, 2.24) is 9.78 Å². The summed E-state index contributed by atoms with van der Waals surface area (Å²) in [4.78, 5) is 10.6. The van der Waals surface area contributed by atoms with E-state index < -0.39 is 0 Å². The fraction of sp³-hybridized carbons (Fsp3) is 0.429. The first kappa shape index (κ1) is 8.27. The third-order valence-electron chi connectivity index (χ3n) is 1.34. The molecule has 11 heavy (non-hydrogen) atoms. The summed E-state index contributed by atoms with van der Waals surface area (Å²) >= 11 is 5.71. The molecule has 1 heterocycles. The normalized spacial score (nSPS) is 10.0. The van der Waals surface area contributed by atoms with Crippen LogP contribution in [0.1, 0.15) is 13.3 Å². The molecule has 0 N–H and O–H groups in total. The highest BCUT2D eigenvalue weighted by Crippen LogP contribution is 2.06. The number of aromatic nitrogens is 2. The zero-order valence-electron chi connectivity index (χ0n) is 6.25. The first-order valence-corrected chi connectivity index (χ1v) is 3.74. The van der Waals surface area contributed by atoms with E-state index in [0.717, 1.165) is 0 Å². The van der Waals surface area contributed by atoms with Crippen LogP contribution in [0.4, 0.5) is 0 Å². The smallest absolute Gasteiger partial charge is 0.131 e. The van der Waals surface area contributed by atoms with Crippen LogP contribution in [0.15, 0.2) is 12.3 Å². The Morgan fingerprint density at radius 2 is 2.55 bits per heavy atom. The van der Waals surface area contributed by atoms with Gasteiger partial charge in [0.05, 0.1) is 6.20 Å². The Morgan fingerprint density at radius 3 is 3.00 bits per heavy atom. The molecule has 1 rings (SSSR count). The summed E-state index contributed by atoms with van der Waals surface area (Å²) in [5, 5.41) is 4.50. The Hall–Kier alpha value is -0.830. The summed E-state index contributed by atoms with van der Waals surface area (Å²) in [6, 6.07) is 1.70. The number of carbonyl (C=O) groups is 1. The second-order valence-electron chi connectivity index (χ2n) is 2.33. The van der Waals surface area contributed by atoms with E-state index in [-0.39, 0.29) is 5.78 Å². The maximum Gasteiger partial charge on any atom is 0.131 e. The van der Waals surface area contributed by atoms with E-state index in [0.29, 0.717) is 18.1 Å². The maximum absolute atomic E-state index is 10.6. The van der Waals surface area contributed by atoms with Crippen LogP contribution in [0.2, 0.25) is 5.15 Å². The van der Waals surface area contributed by atoms with Crippen molar-refractivity contribution < 1.29 is 4.79 Å². The Balaban J connectivity index is 2.51. The summed E-state index contributed by atoms with van der Waals surface area (Å²) < 4.78 is 1.60. The number of carbonyl (C=O) groups excluding carboxylic acids is 1. The maximum atomic E-state index is 10.6. The van der Waals surface area contributed by atoms with Crippen LogP contribution in [-0.4, -0.2) is 15.6 Å². The predicted molar refractivity (Wildman–Crippen MR) is 42.5 cm³/mol. The summed E-state index contributed by atoms with van der Waals surface area (Å²) in [7, 11) is 0. The molecule has 0 aliphatic rings. The fourth-order valence-corrected chi connectivity index (χ4v) is 0.929. The number of ketones is 1. The van der Waals surface area contributed by atoms with Gasteiger partial charge in [0.25, 0.3) is 0 Å².